The maximum Gasteiger partial charge on any atom is 0.217 e. The van der Waals surface area contributed by atoms with E-state index in [0.717, 1.165) is 0 Å². The number of primary amides is 1. The molecule has 0 aliphatic heterocycles. The molecule has 1 amide bonds. The number of hydrogen-bond acceptors (Lipinski definition) is 3. The summed E-state index contributed by atoms with van der Waals surface area (Å²) in [6.45, 7) is 7.73. The normalized spacial score (nSPS) is 11.6. The maximum atomic E-state index is 10.6. The van der Waals surface area contributed by atoms with Gasteiger partial charge in [-0.15, -0.1) is 0 Å². The molecule has 84 valence electrons. The first-order valence-corrected chi connectivity index (χ1v) is 5.01. The van der Waals surface area contributed by atoms with Crippen LogP contribution in [0.1, 0.15) is 40.5 Å². The molecular formula is C10H21NO3. The number of hydrogen-bond donors (Lipinski definition) is 1. The molecule has 0 radical (unpaired) electrons. The van der Waals surface area contributed by atoms with Gasteiger partial charge in [0, 0.05) is 12.8 Å². The molecule has 0 spiro atoms. The Labute approximate surface area is 85.8 Å². The Morgan fingerprint density at radius 2 is 1.57 bits per heavy atom. The SMILES string of the molecule is CC(C)OC(CCC(N)=O)OC(C)C. The molecule has 0 rings (SSSR count). The van der Waals surface area contributed by atoms with Crippen LogP contribution in [0.2, 0.25) is 0 Å². The molecule has 0 saturated heterocycles. The number of ether oxygens (including phenoxy) is 2. The summed E-state index contributed by atoms with van der Waals surface area (Å²) in [7, 11) is 0. The Hall–Kier alpha value is -0.610. The smallest absolute Gasteiger partial charge is 0.217 e. The van der Waals surface area contributed by atoms with Gasteiger partial charge in [0.1, 0.15) is 0 Å². The van der Waals surface area contributed by atoms with E-state index in [1.165, 1.54) is 0 Å². The number of amides is 1. The highest BCUT2D eigenvalue weighted by atomic mass is 16.7. The summed E-state index contributed by atoms with van der Waals surface area (Å²) >= 11 is 0. The van der Waals surface area contributed by atoms with Crippen molar-refractivity contribution in [3.63, 3.8) is 0 Å². The zero-order chi connectivity index (χ0) is 11.1. The standard InChI is InChI=1S/C10H21NO3/c1-7(2)13-10(14-8(3)4)6-5-9(11)12/h7-8,10H,5-6H2,1-4H3,(H2,11,12). The number of rotatable bonds is 7. The van der Waals surface area contributed by atoms with E-state index in [4.69, 9.17) is 15.2 Å². The minimum atomic E-state index is -0.331. The molecule has 0 atom stereocenters. The summed E-state index contributed by atoms with van der Waals surface area (Å²) in [5.74, 6) is -0.324. The maximum absolute atomic E-state index is 10.6. The van der Waals surface area contributed by atoms with Crippen molar-refractivity contribution in [3.8, 4) is 0 Å². The van der Waals surface area contributed by atoms with Gasteiger partial charge < -0.3 is 15.2 Å². The van der Waals surface area contributed by atoms with Gasteiger partial charge in [0.15, 0.2) is 6.29 Å². The van der Waals surface area contributed by atoms with Crippen LogP contribution in [0.25, 0.3) is 0 Å². The quantitative estimate of drug-likeness (QED) is 0.637. The van der Waals surface area contributed by atoms with Crippen LogP contribution in [0.3, 0.4) is 0 Å². The first kappa shape index (κ1) is 13.4. The molecule has 4 nitrogen and oxygen atoms in total. The fourth-order valence-corrected chi connectivity index (χ4v) is 1.04. The third-order valence-corrected chi connectivity index (χ3v) is 1.47. The molecule has 0 aromatic carbocycles. The molecule has 0 fully saturated rings. The largest absolute Gasteiger partial charge is 0.370 e. The van der Waals surface area contributed by atoms with Crippen LogP contribution in [0, 0.1) is 0 Å². The lowest BCUT2D eigenvalue weighted by Crippen LogP contribution is -2.26. The van der Waals surface area contributed by atoms with Gasteiger partial charge in [0.2, 0.25) is 5.91 Å². The minimum Gasteiger partial charge on any atom is -0.370 e. The van der Waals surface area contributed by atoms with E-state index in [1.807, 2.05) is 27.7 Å². The zero-order valence-electron chi connectivity index (χ0n) is 9.45. The molecule has 0 bridgehead atoms. The second kappa shape index (κ2) is 6.79. The van der Waals surface area contributed by atoms with E-state index in [1.54, 1.807) is 0 Å². The summed E-state index contributed by atoms with van der Waals surface area (Å²) < 4.78 is 11.0. The fourth-order valence-electron chi connectivity index (χ4n) is 1.04. The predicted molar refractivity (Wildman–Crippen MR) is 54.7 cm³/mol. The molecule has 14 heavy (non-hydrogen) atoms. The fraction of sp³-hybridized carbons (Fsp3) is 0.900. The molecule has 0 aliphatic rings. The van der Waals surface area contributed by atoms with Crippen molar-refractivity contribution in [1.29, 1.82) is 0 Å². The van der Waals surface area contributed by atoms with Crippen LogP contribution in [0.5, 0.6) is 0 Å². The van der Waals surface area contributed by atoms with Gasteiger partial charge in [-0.3, -0.25) is 4.79 Å². The lowest BCUT2D eigenvalue weighted by molar-refractivity contribution is -0.184. The van der Waals surface area contributed by atoms with Gasteiger partial charge in [0.25, 0.3) is 0 Å². The average molecular weight is 203 g/mol. The molecule has 0 unspecified atom stereocenters. The lowest BCUT2D eigenvalue weighted by atomic mass is 10.3. The van der Waals surface area contributed by atoms with Gasteiger partial charge in [-0.2, -0.15) is 0 Å². The van der Waals surface area contributed by atoms with Crippen molar-refractivity contribution in [1.82, 2.24) is 0 Å². The Balaban J connectivity index is 3.90. The van der Waals surface area contributed by atoms with E-state index >= 15 is 0 Å². The number of carbonyl (C=O) groups is 1. The first-order valence-electron chi connectivity index (χ1n) is 5.01. The molecule has 0 aliphatic carbocycles. The third kappa shape index (κ3) is 8.01. The Morgan fingerprint density at radius 3 is 1.86 bits per heavy atom. The second-order valence-corrected chi connectivity index (χ2v) is 3.80. The van der Waals surface area contributed by atoms with Crippen molar-refractivity contribution in [2.24, 2.45) is 5.73 Å². The van der Waals surface area contributed by atoms with E-state index in [-0.39, 0.29) is 24.4 Å². The number of carbonyl (C=O) groups excluding carboxylic acids is 1. The second-order valence-electron chi connectivity index (χ2n) is 3.80. The zero-order valence-corrected chi connectivity index (χ0v) is 9.45. The van der Waals surface area contributed by atoms with Crippen molar-refractivity contribution in [2.75, 3.05) is 0 Å². The monoisotopic (exact) mass is 203 g/mol. The van der Waals surface area contributed by atoms with Gasteiger partial charge >= 0.3 is 0 Å². The van der Waals surface area contributed by atoms with Gasteiger partial charge in [-0.25, -0.2) is 0 Å². The van der Waals surface area contributed by atoms with Crippen LogP contribution in [0.15, 0.2) is 0 Å². The molecule has 0 aromatic rings. The van der Waals surface area contributed by atoms with E-state index in [2.05, 4.69) is 0 Å². The average Bonchev–Trinajstić information content (AvgIpc) is 1.97. The van der Waals surface area contributed by atoms with Crippen LogP contribution in [-0.4, -0.2) is 24.4 Å². The minimum absolute atomic E-state index is 0.0895. The van der Waals surface area contributed by atoms with Crippen LogP contribution in [-0.2, 0) is 14.3 Å². The van der Waals surface area contributed by atoms with Crippen molar-refractivity contribution in [2.45, 2.75) is 59.0 Å². The lowest BCUT2D eigenvalue weighted by Gasteiger charge is -2.22. The predicted octanol–water partition coefficient (Wildman–Crippen LogP) is 1.43. The highest BCUT2D eigenvalue weighted by Crippen LogP contribution is 2.09. The Kier molecular flexibility index (Phi) is 6.49. The summed E-state index contributed by atoms with van der Waals surface area (Å²) in [5.41, 5.74) is 5.05. The van der Waals surface area contributed by atoms with Gasteiger partial charge in [0.05, 0.1) is 12.2 Å². The van der Waals surface area contributed by atoms with Crippen molar-refractivity contribution < 1.29 is 14.3 Å². The van der Waals surface area contributed by atoms with Crippen LogP contribution >= 0.6 is 0 Å². The van der Waals surface area contributed by atoms with E-state index < -0.39 is 0 Å². The van der Waals surface area contributed by atoms with Gasteiger partial charge in [-0.1, -0.05) is 0 Å². The molecule has 0 heterocycles. The van der Waals surface area contributed by atoms with Crippen molar-refractivity contribution >= 4 is 5.91 Å². The molecule has 4 heteroatoms. The first-order chi connectivity index (χ1) is 6.41. The summed E-state index contributed by atoms with van der Waals surface area (Å²) in [6.07, 6.45) is 0.663. The summed E-state index contributed by atoms with van der Waals surface area (Å²) in [5, 5.41) is 0. The third-order valence-electron chi connectivity index (χ3n) is 1.47. The Bertz CT molecular complexity index is 159. The van der Waals surface area contributed by atoms with Crippen LogP contribution in [0.4, 0.5) is 0 Å². The number of nitrogens with two attached hydrogens (primary N) is 1. The van der Waals surface area contributed by atoms with Gasteiger partial charge in [-0.05, 0) is 27.7 Å². The molecular weight excluding hydrogens is 182 g/mol. The molecule has 2 N–H and O–H groups in total. The van der Waals surface area contributed by atoms with E-state index in [0.29, 0.717) is 12.8 Å². The summed E-state index contributed by atoms with van der Waals surface area (Å²) in [6, 6.07) is 0. The Morgan fingerprint density at radius 1 is 1.14 bits per heavy atom. The summed E-state index contributed by atoms with van der Waals surface area (Å²) in [4.78, 5) is 10.6. The van der Waals surface area contributed by atoms with E-state index in [9.17, 15) is 4.79 Å². The van der Waals surface area contributed by atoms with Crippen LogP contribution < -0.4 is 5.73 Å². The molecule has 0 saturated carbocycles. The topological polar surface area (TPSA) is 61.5 Å². The highest BCUT2D eigenvalue weighted by Gasteiger charge is 2.14. The van der Waals surface area contributed by atoms with Crippen molar-refractivity contribution in [3.05, 3.63) is 0 Å². The highest BCUT2D eigenvalue weighted by molar-refractivity contribution is 5.73. The molecule has 0 aromatic heterocycles.